The molecule has 2 saturated heterocycles. The standard InChI is InChI=1S/C25H34N4O/c1-20-5-2-6-21(15-20)17-27-25(30)23-8-4-12-29(19-23)24-9-13-28(14-10-24)18-22-7-3-11-26-16-22/h2-3,5-7,11,15-16,23-24H,4,8-10,12-14,17-19H2,1H3,(H,27,30)/t23-/m0/s1. The van der Waals surface area contributed by atoms with Gasteiger partial charge in [0.25, 0.3) is 0 Å². The average Bonchev–Trinajstić information content (AvgIpc) is 2.79. The Balaban J connectivity index is 1.23. The first-order chi connectivity index (χ1) is 14.7. The molecule has 0 aliphatic carbocycles. The maximum Gasteiger partial charge on any atom is 0.224 e. The number of nitrogens with one attached hydrogen (secondary N) is 1. The highest BCUT2D eigenvalue weighted by Gasteiger charge is 2.31. The summed E-state index contributed by atoms with van der Waals surface area (Å²) in [7, 11) is 0. The number of rotatable bonds is 6. The summed E-state index contributed by atoms with van der Waals surface area (Å²) in [5.74, 6) is 0.340. The summed E-state index contributed by atoms with van der Waals surface area (Å²) in [6, 6.07) is 13.2. The second-order valence-electron chi connectivity index (χ2n) is 8.91. The van der Waals surface area contributed by atoms with Gasteiger partial charge < -0.3 is 5.32 Å². The minimum absolute atomic E-state index is 0.122. The van der Waals surface area contributed by atoms with E-state index in [9.17, 15) is 4.79 Å². The van der Waals surface area contributed by atoms with Crippen LogP contribution in [-0.2, 0) is 17.9 Å². The number of amides is 1. The van der Waals surface area contributed by atoms with Crippen molar-refractivity contribution < 1.29 is 4.79 Å². The monoisotopic (exact) mass is 406 g/mol. The zero-order chi connectivity index (χ0) is 20.8. The van der Waals surface area contributed by atoms with Crippen LogP contribution in [0, 0.1) is 12.8 Å². The molecule has 30 heavy (non-hydrogen) atoms. The molecule has 3 heterocycles. The van der Waals surface area contributed by atoms with Crippen molar-refractivity contribution in [2.45, 2.75) is 51.7 Å². The molecule has 1 aromatic heterocycles. The molecule has 0 spiro atoms. The van der Waals surface area contributed by atoms with E-state index in [2.05, 4.69) is 57.4 Å². The molecule has 5 nitrogen and oxygen atoms in total. The summed E-state index contributed by atoms with van der Waals surface area (Å²) < 4.78 is 0. The van der Waals surface area contributed by atoms with Crippen molar-refractivity contribution in [2.75, 3.05) is 26.2 Å². The lowest BCUT2D eigenvalue weighted by Crippen LogP contribution is -2.50. The summed E-state index contributed by atoms with van der Waals surface area (Å²) in [5, 5.41) is 3.17. The predicted molar refractivity (Wildman–Crippen MR) is 120 cm³/mol. The van der Waals surface area contributed by atoms with Crippen LogP contribution in [0.25, 0.3) is 0 Å². The van der Waals surface area contributed by atoms with Crippen LogP contribution < -0.4 is 5.32 Å². The van der Waals surface area contributed by atoms with Crippen molar-refractivity contribution >= 4 is 5.91 Å². The van der Waals surface area contributed by atoms with Crippen LogP contribution in [0.2, 0.25) is 0 Å². The normalized spacial score (nSPS) is 21.4. The Kier molecular flexibility index (Phi) is 7.13. The Hall–Kier alpha value is -2.24. The lowest BCUT2D eigenvalue weighted by atomic mass is 9.93. The molecule has 0 saturated carbocycles. The summed E-state index contributed by atoms with van der Waals surface area (Å²) in [5.41, 5.74) is 3.71. The third-order valence-electron chi connectivity index (χ3n) is 6.58. The Bertz CT molecular complexity index is 817. The Labute approximate surface area is 180 Å². The van der Waals surface area contributed by atoms with Crippen molar-refractivity contribution in [3.05, 3.63) is 65.5 Å². The van der Waals surface area contributed by atoms with Crippen LogP contribution >= 0.6 is 0 Å². The molecule has 2 fully saturated rings. The molecular formula is C25H34N4O. The minimum Gasteiger partial charge on any atom is -0.352 e. The highest BCUT2D eigenvalue weighted by atomic mass is 16.1. The Morgan fingerprint density at radius 1 is 1.10 bits per heavy atom. The molecule has 2 aliphatic heterocycles. The maximum absolute atomic E-state index is 12.8. The van der Waals surface area contributed by atoms with E-state index in [1.54, 1.807) is 0 Å². The highest BCUT2D eigenvalue weighted by molar-refractivity contribution is 5.79. The van der Waals surface area contributed by atoms with Crippen molar-refractivity contribution in [2.24, 2.45) is 5.92 Å². The Morgan fingerprint density at radius 2 is 1.93 bits per heavy atom. The molecule has 2 aliphatic rings. The zero-order valence-corrected chi connectivity index (χ0v) is 18.1. The predicted octanol–water partition coefficient (Wildman–Crippen LogP) is 3.38. The van der Waals surface area contributed by atoms with Gasteiger partial charge in [0.1, 0.15) is 0 Å². The summed E-state index contributed by atoms with van der Waals surface area (Å²) in [6.07, 6.45) is 8.32. The quantitative estimate of drug-likeness (QED) is 0.799. The molecule has 0 radical (unpaired) electrons. The number of carbonyl (C=O) groups is 1. The van der Waals surface area contributed by atoms with E-state index in [1.165, 1.54) is 29.5 Å². The largest absolute Gasteiger partial charge is 0.352 e. The number of pyridine rings is 1. The molecule has 0 bridgehead atoms. The highest BCUT2D eigenvalue weighted by Crippen LogP contribution is 2.24. The first kappa shape index (κ1) is 21.0. The van der Waals surface area contributed by atoms with Gasteiger partial charge in [-0.3, -0.25) is 19.6 Å². The van der Waals surface area contributed by atoms with Crippen LogP contribution in [0.5, 0.6) is 0 Å². The number of aryl methyl sites for hydroxylation is 1. The number of hydrogen-bond acceptors (Lipinski definition) is 4. The van der Waals surface area contributed by atoms with E-state index in [4.69, 9.17) is 0 Å². The van der Waals surface area contributed by atoms with Gasteiger partial charge >= 0.3 is 0 Å². The van der Waals surface area contributed by atoms with Gasteiger partial charge in [-0.25, -0.2) is 0 Å². The molecule has 1 aromatic carbocycles. The second-order valence-corrected chi connectivity index (χ2v) is 8.91. The topological polar surface area (TPSA) is 48.5 Å². The summed E-state index contributed by atoms with van der Waals surface area (Å²) in [6.45, 7) is 8.00. The number of carbonyl (C=O) groups excluding carboxylic acids is 1. The van der Waals surface area contributed by atoms with Gasteiger partial charge in [0.2, 0.25) is 5.91 Å². The van der Waals surface area contributed by atoms with Gasteiger partial charge in [0, 0.05) is 38.1 Å². The van der Waals surface area contributed by atoms with Crippen LogP contribution in [0.3, 0.4) is 0 Å². The van der Waals surface area contributed by atoms with E-state index in [1.807, 2.05) is 18.5 Å². The molecule has 1 N–H and O–H groups in total. The minimum atomic E-state index is 0.122. The second kappa shape index (κ2) is 10.2. The molecule has 4 rings (SSSR count). The number of piperidine rings is 2. The number of benzene rings is 1. The van der Waals surface area contributed by atoms with E-state index in [0.29, 0.717) is 12.6 Å². The van der Waals surface area contributed by atoms with Gasteiger partial charge in [-0.1, -0.05) is 35.9 Å². The first-order valence-electron chi connectivity index (χ1n) is 11.4. The van der Waals surface area contributed by atoms with Gasteiger partial charge in [-0.05, 0) is 69.4 Å². The van der Waals surface area contributed by atoms with E-state index < -0.39 is 0 Å². The lowest BCUT2D eigenvalue weighted by molar-refractivity contribution is -0.127. The van der Waals surface area contributed by atoms with Crippen molar-refractivity contribution in [1.29, 1.82) is 0 Å². The average molecular weight is 407 g/mol. The molecule has 2 aromatic rings. The summed E-state index contributed by atoms with van der Waals surface area (Å²) >= 11 is 0. The third-order valence-corrected chi connectivity index (χ3v) is 6.58. The lowest BCUT2D eigenvalue weighted by Gasteiger charge is -2.42. The third kappa shape index (κ3) is 5.67. The first-order valence-corrected chi connectivity index (χ1v) is 11.4. The number of nitrogens with zero attached hydrogens (tertiary/aromatic N) is 3. The van der Waals surface area contributed by atoms with Crippen molar-refractivity contribution in [3.8, 4) is 0 Å². The van der Waals surface area contributed by atoms with Crippen LogP contribution in [0.1, 0.15) is 42.4 Å². The SMILES string of the molecule is Cc1cccc(CNC(=O)[C@H]2CCCN(C3CCN(Cc4cccnc4)CC3)C2)c1. The van der Waals surface area contributed by atoms with Crippen molar-refractivity contribution in [3.63, 3.8) is 0 Å². The van der Waals surface area contributed by atoms with Crippen molar-refractivity contribution in [1.82, 2.24) is 20.1 Å². The van der Waals surface area contributed by atoms with E-state index in [0.717, 1.165) is 45.6 Å². The molecule has 160 valence electrons. The van der Waals surface area contributed by atoms with E-state index in [-0.39, 0.29) is 11.8 Å². The van der Waals surface area contributed by atoms with Crippen LogP contribution in [0.4, 0.5) is 0 Å². The fraction of sp³-hybridized carbons (Fsp3) is 0.520. The zero-order valence-electron chi connectivity index (χ0n) is 18.1. The smallest absolute Gasteiger partial charge is 0.224 e. The van der Waals surface area contributed by atoms with Gasteiger partial charge in [-0.15, -0.1) is 0 Å². The molecule has 1 amide bonds. The molecule has 0 unspecified atom stereocenters. The number of aromatic nitrogens is 1. The van der Waals surface area contributed by atoms with Gasteiger partial charge in [-0.2, -0.15) is 0 Å². The fourth-order valence-electron chi connectivity index (χ4n) is 4.90. The Morgan fingerprint density at radius 3 is 2.70 bits per heavy atom. The molecular weight excluding hydrogens is 372 g/mol. The number of hydrogen-bond donors (Lipinski definition) is 1. The fourth-order valence-corrected chi connectivity index (χ4v) is 4.90. The molecule has 1 atom stereocenters. The van der Waals surface area contributed by atoms with Gasteiger partial charge in [0.05, 0.1) is 5.92 Å². The van der Waals surface area contributed by atoms with Gasteiger partial charge in [0.15, 0.2) is 0 Å². The van der Waals surface area contributed by atoms with Crippen LogP contribution in [0.15, 0.2) is 48.8 Å². The van der Waals surface area contributed by atoms with E-state index >= 15 is 0 Å². The molecule has 5 heteroatoms. The number of likely N-dealkylation sites (tertiary alicyclic amines) is 2. The summed E-state index contributed by atoms with van der Waals surface area (Å²) in [4.78, 5) is 22.1. The van der Waals surface area contributed by atoms with Crippen LogP contribution in [-0.4, -0.2) is 52.9 Å². The maximum atomic E-state index is 12.8.